The van der Waals surface area contributed by atoms with Gasteiger partial charge in [0.2, 0.25) is 0 Å². The van der Waals surface area contributed by atoms with E-state index in [1.807, 2.05) is 0 Å². The van der Waals surface area contributed by atoms with Gasteiger partial charge in [0.05, 0.1) is 21.8 Å². The lowest BCUT2D eigenvalue weighted by Crippen LogP contribution is -2.17. The van der Waals surface area contributed by atoms with Gasteiger partial charge in [-0.05, 0) is 24.3 Å². The van der Waals surface area contributed by atoms with Crippen LogP contribution in [0.15, 0.2) is 41.5 Å². The summed E-state index contributed by atoms with van der Waals surface area (Å²) in [5.74, 6) is -0.638. The lowest BCUT2D eigenvalue weighted by Gasteiger charge is -2.03. The monoisotopic (exact) mass is 342 g/mol. The van der Waals surface area contributed by atoms with Crippen molar-refractivity contribution in [2.75, 3.05) is 0 Å². The molecule has 1 amide bonds. The van der Waals surface area contributed by atoms with Gasteiger partial charge in [0.15, 0.2) is 0 Å². The Morgan fingerprint density at radius 3 is 2.57 bits per heavy atom. The van der Waals surface area contributed by atoms with E-state index in [2.05, 4.69) is 10.5 Å². The minimum atomic E-state index is -0.468. The standard InChI is InChI=1S/C14H9Cl3N2O2/c15-9-5-8(13(20)12(17)6-9)7-18-19-14(21)10-3-1-2-4-11(10)16/h1-7,20H,(H,19,21)/b18-7+. The van der Waals surface area contributed by atoms with Crippen LogP contribution in [0.25, 0.3) is 0 Å². The first-order chi connectivity index (χ1) is 9.99. The second-order valence-electron chi connectivity index (χ2n) is 4.00. The number of nitrogens with zero attached hydrogens (tertiary/aromatic N) is 1. The maximum absolute atomic E-state index is 11.9. The fourth-order valence-electron chi connectivity index (χ4n) is 1.55. The van der Waals surface area contributed by atoms with Crippen molar-refractivity contribution in [3.05, 3.63) is 62.6 Å². The van der Waals surface area contributed by atoms with E-state index in [1.165, 1.54) is 18.3 Å². The van der Waals surface area contributed by atoms with Crippen LogP contribution >= 0.6 is 34.8 Å². The van der Waals surface area contributed by atoms with Crippen LogP contribution in [0.5, 0.6) is 5.75 Å². The summed E-state index contributed by atoms with van der Waals surface area (Å²) in [7, 11) is 0. The maximum atomic E-state index is 11.9. The molecule has 0 atom stereocenters. The molecule has 0 aliphatic rings. The fourth-order valence-corrected chi connectivity index (χ4v) is 2.28. The van der Waals surface area contributed by atoms with Gasteiger partial charge in [0, 0.05) is 10.6 Å². The van der Waals surface area contributed by atoms with Crippen molar-refractivity contribution in [2.45, 2.75) is 0 Å². The molecule has 0 heterocycles. The van der Waals surface area contributed by atoms with Crippen LogP contribution in [0.2, 0.25) is 15.1 Å². The number of carbonyl (C=O) groups excluding carboxylic acids is 1. The number of phenols is 1. The van der Waals surface area contributed by atoms with E-state index >= 15 is 0 Å². The maximum Gasteiger partial charge on any atom is 0.272 e. The molecule has 0 unspecified atom stereocenters. The van der Waals surface area contributed by atoms with Crippen molar-refractivity contribution in [2.24, 2.45) is 5.10 Å². The van der Waals surface area contributed by atoms with E-state index in [4.69, 9.17) is 34.8 Å². The van der Waals surface area contributed by atoms with Crippen LogP contribution in [0.3, 0.4) is 0 Å². The molecule has 4 nitrogen and oxygen atoms in total. The van der Waals surface area contributed by atoms with E-state index < -0.39 is 5.91 Å². The molecule has 0 radical (unpaired) electrons. The second kappa shape index (κ2) is 6.80. The highest BCUT2D eigenvalue weighted by Crippen LogP contribution is 2.29. The Bertz CT molecular complexity index is 717. The van der Waals surface area contributed by atoms with Crippen LogP contribution in [0.4, 0.5) is 0 Å². The zero-order valence-electron chi connectivity index (χ0n) is 10.5. The molecule has 2 N–H and O–H groups in total. The van der Waals surface area contributed by atoms with Crippen LogP contribution in [0.1, 0.15) is 15.9 Å². The van der Waals surface area contributed by atoms with Crippen LogP contribution in [0, 0.1) is 0 Å². The SMILES string of the molecule is O=C(N/N=C/c1cc(Cl)cc(Cl)c1O)c1ccccc1Cl. The number of halogens is 3. The number of carbonyl (C=O) groups is 1. The Hall–Kier alpha value is -1.75. The predicted octanol–water partition coefficient (Wildman–Crippen LogP) is 4.12. The van der Waals surface area contributed by atoms with E-state index in [1.54, 1.807) is 24.3 Å². The second-order valence-corrected chi connectivity index (χ2v) is 5.26. The Kier molecular flexibility index (Phi) is 5.07. The molecule has 0 spiro atoms. The molecule has 7 heteroatoms. The molecule has 21 heavy (non-hydrogen) atoms. The molecule has 2 rings (SSSR count). The largest absolute Gasteiger partial charge is 0.506 e. The number of benzene rings is 2. The fraction of sp³-hybridized carbons (Fsp3) is 0. The Balaban J connectivity index is 2.13. The van der Waals surface area contributed by atoms with Gasteiger partial charge in [0.25, 0.3) is 5.91 Å². The van der Waals surface area contributed by atoms with Crippen molar-refractivity contribution in [3.63, 3.8) is 0 Å². The normalized spacial score (nSPS) is 10.8. The molecule has 0 saturated heterocycles. The van der Waals surface area contributed by atoms with Gasteiger partial charge in [-0.15, -0.1) is 0 Å². The highest BCUT2D eigenvalue weighted by molar-refractivity contribution is 6.36. The summed E-state index contributed by atoms with van der Waals surface area (Å²) in [6.07, 6.45) is 1.24. The minimum absolute atomic E-state index is 0.0985. The number of rotatable bonds is 3. The summed E-state index contributed by atoms with van der Waals surface area (Å²) in [5, 5.41) is 14.2. The van der Waals surface area contributed by atoms with Crippen molar-refractivity contribution in [1.29, 1.82) is 0 Å². The van der Waals surface area contributed by atoms with Gasteiger partial charge in [-0.3, -0.25) is 4.79 Å². The third-order valence-corrected chi connectivity index (χ3v) is 3.38. The van der Waals surface area contributed by atoms with Crippen molar-refractivity contribution >= 4 is 46.9 Å². The summed E-state index contributed by atoms with van der Waals surface area (Å²) < 4.78 is 0. The van der Waals surface area contributed by atoms with Gasteiger partial charge < -0.3 is 5.11 Å². The van der Waals surface area contributed by atoms with E-state index in [9.17, 15) is 9.90 Å². The third-order valence-electron chi connectivity index (χ3n) is 2.55. The molecule has 0 aliphatic carbocycles. The number of nitrogens with one attached hydrogen (secondary N) is 1. The topological polar surface area (TPSA) is 61.7 Å². The molecule has 2 aromatic rings. The first kappa shape index (κ1) is 15.6. The lowest BCUT2D eigenvalue weighted by atomic mass is 10.2. The number of amides is 1. The number of hydrogen-bond donors (Lipinski definition) is 2. The summed E-state index contributed by atoms with van der Waals surface area (Å²) in [6, 6.07) is 9.44. The lowest BCUT2D eigenvalue weighted by molar-refractivity contribution is 0.0955. The van der Waals surface area contributed by atoms with Gasteiger partial charge in [-0.1, -0.05) is 46.9 Å². The first-order valence-electron chi connectivity index (χ1n) is 5.75. The third kappa shape index (κ3) is 3.88. The highest BCUT2D eigenvalue weighted by atomic mass is 35.5. The molecule has 0 fully saturated rings. The molecular weight excluding hydrogens is 335 g/mol. The van der Waals surface area contributed by atoms with Gasteiger partial charge >= 0.3 is 0 Å². The average molecular weight is 344 g/mol. The van der Waals surface area contributed by atoms with Crippen molar-refractivity contribution in [3.8, 4) is 5.75 Å². The van der Waals surface area contributed by atoms with Crippen molar-refractivity contribution < 1.29 is 9.90 Å². The molecule has 0 bridgehead atoms. The average Bonchev–Trinajstić information content (AvgIpc) is 2.44. The molecule has 2 aromatic carbocycles. The summed E-state index contributed by atoms with van der Waals surface area (Å²) in [4.78, 5) is 11.9. The molecule has 0 aliphatic heterocycles. The number of aromatic hydroxyl groups is 1. The Labute approximate surface area is 135 Å². The van der Waals surface area contributed by atoms with E-state index in [-0.39, 0.29) is 16.3 Å². The van der Waals surface area contributed by atoms with Crippen molar-refractivity contribution in [1.82, 2.24) is 5.43 Å². The molecule has 0 aromatic heterocycles. The Morgan fingerprint density at radius 2 is 1.86 bits per heavy atom. The zero-order valence-corrected chi connectivity index (χ0v) is 12.7. The number of hydrazone groups is 1. The quantitative estimate of drug-likeness (QED) is 0.650. The number of phenolic OH excluding ortho intramolecular Hbond substituents is 1. The Morgan fingerprint density at radius 1 is 1.14 bits per heavy atom. The van der Waals surface area contributed by atoms with Gasteiger partial charge in [0.1, 0.15) is 5.75 Å². The van der Waals surface area contributed by atoms with Gasteiger partial charge in [-0.25, -0.2) is 5.43 Å². The highest BCUT2D eigenvalue weighted by Gasteiger charge is 2.09. The van der Waals surface area contributed by atoms with E-state index in [0.29, 0.717) is 15.6 Å². The summed E-state index contributed by atoms with van der Waals surface area (Å²) in [5.41, 5.74) is 2.88. The minimum Gasteiger partial charge on any atom is -0.506 e. The molecule has 0 saturated carbocycles. The van der Waals surface area contributed by atoms with Crippen LogP contribution in [-0.4, -0.2) is 17.2 Å². The number of hydrogen-bond acceptors (Lipinski definition) is 3. The predicted molar refractivity (Wildman–Crippen MR) is 84.6 cm³/mol. The summed E-state index contributed by atoms with van der Waals surface area (Å²) in [6.45, 7) is 0. The van der Waals surface area contributed by atoms with Gasteiger partial charge in [-0.2, -0.15) is 5.10 Å². The molecular formula is C14H9Cl3N2O2. The molecule has 108 valence electrons. The smallest absolute Gasteiger partial charge is 0.272 e. The van der Waals surface area contributed by atoms with Crippen LogP contribution in [-0.2, 0) is 0 Å². The first-order valence-corrected chi connectivity index (χ1v) is 6.88. The zero-order chi connectivity index (χ0) is 15.4. The van der Waals surface area contributed by atoms with Crippen LogP contribution < -0.4 is 5.43 Å². The summed E-state index contributed by atoms with van der Waals surface area (Å²) >= 11 is 17.5. The van der Waals surface area contributed by atoms with E-state index in [0.717, 1.165) is 0 Å².